The summed E-state index contributed by atoms with van der Waals surface area (Å²) >= 11 is 0. The molecular weight excluding hydrogens is 420 g/mol. The van der Waals surface area contributed by atoms with Crippen molar-refractivity contribution in [3.8, 4) is 0 Å². The van der Waals surface area contributed by atoms with Crippen LogP contribution >= 0.6 is 0 Å². The number of amides is 1. The summed E-state index contributed by atoms with van der Waals surface area (Å²) in [7, 11) is -3.94. The highest BCUT2D eigenvalue weighted by molar-refractivity contribution is 7.92. The van der Waals surface area contributed by atoms with Crippen molar-refractivity contribution in [1.82, 2.24) is 0 Å². The molecule has 32 heavy (non-hydrogen) atoms. The number of hydrogen-bond donors (Lipinski definition) is 1. The van der Waals surface area contributed by atoms with Crippen LogP contribution in [0.5, 0.6) is 0 Å². The quantitative estimate of drug-likeness (QED) is 0.512. The summed E-state index contributed by atoms with van der Waals surface area (Å²) < 4.78 is 28.3. The summed E-state index contributed by atoms with van der Waals surface area (Å²) in [4.78, 5) is 13.3. The number of nitrogens with zero attached hydrogens (tertiary/aromatic N) is 1. The first-order valence-corrected chi connectivity index (χ1v) is 12.1. The minimum absolute atomic E-state index is 0.146. The molecule has 5 nitrogen and oxygen atoms in total. The molecule has 0 spiro atoms. The second kappa shape index (κ2) is 9.57. The first kappa shape index (κ1) is 23.5. The summed E-state index contributed by atoms with van der Waals surface area (Å²) in [5, 5.41) is 2.97. The highest BCUT2D eigenvalue weighted by Crippen LogP contribution is 2.30. The second-order valence-electron chi connectivity index (χ2n) is 8.29. The number of rotatable bonds is 7. The number of sulfonamides is 1. The van der Waals surface area contributed by atoms with Gasteiger partial charge in [-0.2, -0.15) is 0 Å². The first-order valence-electron chi connectivity index (χ1n) is 10.7. The van der Waals surface area contributed by atoms with E-state index in [1.54, 1.807) is 42.5 Å². The van der Waals surface area contributed by atoms with Crippen LogP contribution in [-0.4, -0.2) is 20.9 Å². The van der Waals surface area contributed by atoms with Gasteiger partial charge in [-0.25, -0.2) is 8.42 Å². The van der Waals surface area contributed by atoms with Crippen LogP contribution in [0.15, 0.2) is 71.6 Å². The fourth-order valence-electron chi connectivity index (χ4n) is 3.68. The van der Waals surface area contributed by atoms with E-state index < -0.39 is 10.0 Å². The molecule has 3 aromatic carbocycles. The second-order valence-corrected chi connectivity index (χ2v) is 10.1. The van der Waals surface area contributed by atoms with Gasteiger partial charge in [0.05, 0.1) is 10.6 Å². The Morgan fingerprint density at radius 3 is 2.16 bits per heavy atom. The number of carbonyl (C=O) groups is 1. The molecule has 0 atom stereocenters. The zero-order valence-corrected chi connectivity index (χ0v) is 20.0. The molecule has 0 fully saturated rings. The molecule has 3 rings (SSSR count). The van der Waals surface area contributed by atoms with Crippen LogP contribution < -0.4 is 9.62 Å². The fourth-order valence-corrected chi connectivity index (χ4v) is 5.18. The van der Waals surface area contributed by atoms with Crippen molar-refractivity contribution >= 4 is 27.3 Å². The van der Waals surface area contributed by atoms with Gasteiger partial charge in [-0.3, -0.25) is 9.10 Å². The molecule has 0 unspecified atom stereocenters. The molecule has 0 heterocycles. The van der Waals surface area contributed by atoms with Crippen molar-refractivity contribution in [3.05, 3.63) is 89.0 Å². The Kier molecular flexibility index (Phi) is 7.04. The molecule has 0 saturated heterocycles. The molecule has 0 saturated carbocycles. The third kappa shape index (κ3) is 4.86. The van der Waals surface area contributed by atoms with E-state index in [9.17, 15) is 13.2 Å². The predicted molar refractivity (Wildman–Crippen MR) is 131 cm³/mol. The topological polar surface area (TPSA) is 66.5 Å². The SMILES string of the molecule is Cc1cccc(N(CC(=O)Nc2c(C)cccc2C(C)C)S(=O)(=O)c2ccccc2)c1C. The van der Waals surface area contributed by atoms with Gasteiger partial charge in [-0.15, -0.1) is 0 Å². The molecule has 1 N–H and O–H groups in total. The molecular formula is C26H30N2O3S. The van der Waals surface area contributed by atoms with Crippen LogP contribution in [0.4, 0.5) is 11.4 Å². The van der Waals surface area contributed by atoms with Crippen molar-refractivity contribution < 1.29 is 13.2 Å². The highest BCUT2D eigenvalue weighted by atomic mass is 32.2. The average molecular weight is 451 g/mol. The molecule has 0 aliphatic carbocycles. The summed E-state index contributed by atoms with van der Waals surface area (Å²) in [6, 6.07) is 19.6. The minimum atomic E-state index is -3.94. The van der Waals surface area contributed by atoms with Gasteiger partial charge < -0.3 is 5.32 Å². The Balaban J connectivity index is 2.03. The maximum absolute atomic E-state index is 13.6. The Morgan fingerprint density at radius 1 is 0.875 bits per heavy atom. The largest absolute Gasteiger partial charge is 0.324 e. The molecule has 168 valence electrons. The van der Waals surface area contributed by atoms with E-state index in [2.05, 4.69) is 19.2 Å². The maximum Gasteiger partial charge on any atom is 0.264 e. The molecule has 3 aromatic rings. The number of hydrogen-bond acceptors (Lipinski definition) is 3. The van der Waals surface area contributed by atoms with Gasteiger partial charge in [0, 0.05) is 5.69 Å². The van der Waals surface area contributed by atoms with E-state index in [4.69, 9.17) is 0 Å². The van der Waals surface area contributed by atoms with Crippen LogP contribution in [0, 0.1) is 20.8 Å². The zero-order chi connectivity index (χ0) is 23.5. The van der Waals surface area contributed by atoms with E-state index in [1.807, 2.05) is 45.0 Å². The zero-order valence-electron chi connectivity index (χ0n) is 19.2. The third-order valence-electron chi connectivity index (χ3n) is 5.65. The summed E-state index contributed by atoms with van der Waals surface area (Å²) in [6.45, 7) is 9.53. The number of carbonyl (C=O) groups excluding carboxylic acids is 1. The van der Waals surface area contributed by atoms with Crippen molar-refractivity contribution in [2.75, 3.05) is 16.2 Å². The summed E-state index contributed by atoms with van der Waals surface area (Å²) in [5.74, 6) is -0.171. The van der Waals surface area contributed by atoms with E-state index in [-0.39, 0.29) is 23.3 Å². The molecule has 1 amide bonds. The van der Waals surface area contributed by atoms with Gasteiger partial charge >= 0.3 is 0 Å². The molecule has 0 aliphatic heterocycles. The number of nitrogens with one attached hydrogen (secondary N) is 1. The molecule has 0 aromatic heterocycles. The van der Waals surface area contributed by atoms with Gasteiger partial charge in [0.25, 0.3) is 10.0 Å². The van der Waals surface area contributed by atoms with Crippen molar-refractivity contribution in [2.45, 2.75) is 45.4 Å². The lowest BCUT2D eigenvalue weighted by molar-refractivity contribution is -0.114. The number of benzene rings is 3. The standard InChI is InChI=1S/C26H30N2O3S/c1-18(2)23-15-9-12-20(4)26(23)27-25(29)17-28(24-16-10-11-19(3)21(24)5)32(30,31)22-13-7-6-8-14-22/h6-16,18H,17H2,1-5H3,(H,27,29). The van der Waals surface area contributed by atoms with Crippen LogP contribution in [0.3, 0.4) is 0 Å². The van der Waals surface area contributed by atoms with Gasteiger partial charge in [0.1, 0.15) is 6.54 Å². The average Bonchev–Trinajstić information content (AvgIpc) is 2.76. The third-order valence-corrected chi connectivity index (χ3v) is 7.43. The van der Waals surface area contributed by atoms with Gasteiger partial charge in [0.2, 0.25) is 5.91 Å². The Morgan fingerprint density at radius 2 is 1.50 bits per heavy atom. The van der Waals surface area contributed by atoms with Gasteiger partial charge in [0.15, 0.2) is 0 Å². The highest BCUT2D eigenvalue weighted by Gasteiger charge is 2.29. The Hall–Kier alpha value is -3.12. The van der Waals surface area contributed by atoms with Crippen molar-refractivity contribution in [1.29, 1.82) is 0 Å². The Labute approximate surface area is 191 Å². The van der Waals surface area contributed by atoms with Crippen LogP contribution in [0.2, 0.25) is 0 Å². The monoisotopic (exact) mass is 450 g/mol. The van der Waals surface area contributed by atoms with E-state index in [1.165, 1.54) is 4.31 Å². The van der Waals surface area contributed by atoms with Crippen LogP contribution in [0.1, 0.15) is 42.0 Å². The lowest BCUT2D eigenvalue weighted by Crippen LogP contribution is -2.38. The number of aryl methyl sites for hydroxylation is 2. The minimum Gasteiger partial charge on any atom is -0.324 e. The summed E-state index contributed by atoms with van der Waals surface area (Å²) in [5.41, 5.74) is 4.97. The normalized spacial score (nSPS) is 11.4. The summed E-state index contributed by atoms with van der Waals surface area (Å²) in [6.07, 6.45) is 0. The smallest absolute Gasteiger partial charge is 0.264 e. The molecule has 6 heteroatoms. The Bertz CT molecular complexity index is 1220. The van der Waals surface area contributed by atoms with E-state index >= 15 is 0 Å². The van der Waals surface area contributed by atoms with E-state index in [0.29, 0.717) is 5.69 Å². The lowest BCUT2D eigenvalue weighted by Gasteiger charge is -2.27. The van der Waals surface area contributed by atoms with Gasteiger partial charge in [-0.05, 0) is 67.1 Å². The van der Waals surface area contributed by atoms with Crippen LogP contribution in [0.25, 0.3) is 0 Å². The van der Waals surface area contributed by atoms with E-state index in [0.717, 1.165) is 27.9 Å². The van der Waals surface area contributed by atoms with Gasteiger partial charge in [-0.1, -0.05) is 62.4 Å². The fraction of sp³-hybridized carbons (Fsp3) is 0.269. The molecule has 0 radical (unpaired) electrons. The van der Waals surface area contributed by atoms with Crippen molar-refractivity contribution in [2.24, 2.45) is 0 Å². The number of anilines is 2. The lowest BCUT2D eigenvalue weighted by atomic mass is 9.98. The van der Waals surface area contributed by atoms with Crippen LogP contribution in [-0.2, 0) is 14.8 Å². The predicted octanol–water partition coefficient (Wildman–Crippen LogP) is 5.57. The maximum atomic E-state index is 13.6. The van der Waals surface area contributed by atoms with Crippen molar-refractivity contribution in [3.63, 3.8) is 0 Å². The molecule has 0 bridgehead atoms. The molecule has 0 aliphatic rings. The number of para-hydroxylation sites is 1. The first-order chi connectivity index (χ1) is 15.1.